The van der Waals surface area contributed by atoms with E-state index >= 15 is 0 Å². The number of hydrogen-bond donors (Lipinski definition) is 1. The summed E-state index contributed by atoms with van der Waals surface area (Å²) >= 11 is 1.77. The summed E-state index contributed by atoms with van der Waals surface area (Å²) in [4.78, 5) is 8.35. The van der Waals surface area contributed by atoms with Gasteiger partial charge >= 0.3 is 0 Å². The molecular formula is C13H23N3O2S. The Hall–Kier alpha value is -0.690. The first-order chi connectivity index (χ1) is 9.35. The van der Waals surface area contributed by atoms with Crippen molar-refractivity contribution in [2.75, 3.05) is 44.9 Å². The molecule has 1 fully saturated rings. The number of methoxy groups -OCH3 is 1. The second-order valence-electron chi connectivity index (χ2n) is 4.53. The number of rotatable bonds is 6. The first-order valence-corrected chi connectivity index (χ1v) is 7.67. The Balaban J connectivity index is 2.10. The van der Waals surface area contributed by atoms with Crippen LogP contribution in [0.25, 0.3) is 0 Å². The van der Waals surface area contributed by atoms with Gasteiger partial charge in [-0.2, -0.15) is 0 Å². The fourth-order valence-electron chi connectivity index (χ4n) is 2.07. The fraction of sp³-hybridized carbons (Fsp3) is 0.769. The minimum atomic E-state index is 0.585. The zero-order valence-electron chi connectivity index (χ0n) is 11.8. The van der Waals surface area contributed by atoms with Crippen LogP contribution in [0.5, 0.6) is 0 Å². The highest BCUT2D eigenvalue weighted by molar-refractivity contribution is 7.15. The number of anilines is 1. The van der Waals surface area contributed by atoms with Crippen molar-refractivity contribution in [3.8, 4) is 0 Å². The van der Waals surface area contributed by atoms with E-state index in [-0.39, 0.29) is 0 Å². The summed E-state index contributed by atoms with van der Waals surface area (Å²) in [7, 11) is 1.72. The molecule has 1 aromatic heterocycles. The molecule has 0 saturated carbocycles. The van der Waals surface area contributed by atoms with Crippen molar-refractivity contribution in [2.24, 2.45) is 0 Å². The van der Waals surface area contributed by atoms with Gasteiger partial charge in [-0.25, -0.2) is 4.98 Å². The summed E-state index contributed by atoms with van der Waals surface area (Å²) in [6.07, 6.45) is 1.07. The molecule has 0 amide bonds. The van der Waals surface area contributed by atoms with Gasteiger partial charge in [-0.15, -0.1) is 11.3 Å². The largest absolute Gasteiger partial charge is 0.380 e. The van der Waals surface area contributed by atoms with Crippen molar-refractivity contribution in [1.29, 1.82) is 0 Å². The fourth-order valence-corrected chi connectivity index (χ4v) is 3.15. The molecule has 1 aromatic rings. The van der Waals surface area contributed by atoms with Crippen molar-refractivity contribution in [3.63, 3.8) is 0 Å². The molecule has 0 atom stereocenters. The predicted octanol–water partition coefficient (Wildman–Crippen LogP) is 1.63. The van der Waals surface area contributed by atoms with E-state index in [2.05, 4.69) is 17.1 Å². The zero-order chi connectivity index (χ0) is 13.5. The monoisotopic (exact) mass is 285 g/mol. The van der Waals surface area contributed by atoms with E-state index < -0.39 is 0 Å². The van der Waals surface area contributed by atoms with E-state index in [9.17, 15) is 0 Å². The number of ether oxygens (including phenoxy) is 2. The van der Waals surface area contributed by atoms with E-state index in [1.807, 2.05) is 0 Å². The van der Waals surface area contributed by atoms with Gasteiger partial charge in [-0.1, -0.05) is 6.92 Å². The van der Waals surface area contributed by atoms with Crippen molar-refractivity contribution in [2.45, 2.75) is 26.5 Å². The molecule has 0 unspecified atom stereocenters. The van der Waals surface area contributed by atoms with Gasteiger partial charge in [-0.3, -0.25) is 0 Å². The molecular weight excluding hydrogens is 262 g/mol. The van der Waals surface area contributed by atoms with Crippen LogP contribution >= 0.6 is 11.3 Å². The van der Waals surface area contributed by atoms with Crippen LogP contribution in [0.4, 0.5) is 5.13 Å². The van der Waals surface area contributed by atoms with E-state index in [0.29, 0.717) is 6.61 Å². The zero-order valence-corrected chi connectivity index (χ0v) is 12.6. The summed E-state index contributed by atoms with van der Waals surface area (Å²) < 4.78 is 10.7. The molecule has 0 bridgehead atoms. The van der Waals surface area contributed by atoms with Crippen molar-refractivity contribution >= 4 is 16.5 Å². The van der Waals surface area contributed by atoms with Gasteiger partial charge in [0.15, 0.2) is 5.13 Å². The van der Waals surface area contributed by atoms with E-state index in [1.54, 1.807) is 18.4 Å². The summed E-state index contributed by atoms with van der Waals surface area (Å²) in [6, 6.07) is 0. The summed E-state index contributed by atoms with van der Waals surface area (Å²) in [5, 5.41) is 4.47. The second kappa shape index (κ2) is 7.79. The Kier molecular flexibility index (Phi) is 6.03. The molecule has 108 valence electrons. The lowest BCUT2D eigenvalue weighted by atomic mass is 10.3. The molecule has 2 rings (SSSR count). The maximum atomic E-state index is 5.49. The van der Waals surface area contributed by atoms with Crippen LogP contribution in [-0.4, -0.2) is 44.9 Å². The highest BCUT2D eigenvalue weighted by Gasteiger charge is 2.17. The van der Waals surface area contributed by atoms with Crippen molar-refractivity contribution < 1.29 is 9.47 Å². The van der Waals surface area contributed by atoms with Crippen LogP contribution < -0.4 is 10.2 Å². The average molecular weight is 285 g/mol. The molecule has 6 heteroatoms. The number of nitrogens with zero attached hydrogens (tertiary/aromatic N) is 2. The Bertz CT molecular complexity index is 376. The molecule has 19 heavy (non-hydrogen) atoms. The third-order valence-corrected chi connectivity index (χ3v) is 4.23. The maximum absolute atomic E-state index is 5.49. The number of nitrogens with one attached hydrogen (secondary N) is 1. The van der Waals surface area contributed by atoms with E-state index in [1.165, 1.54) is 4.88 Å². The normalized spacial score (nSPS) is 16.6. The van der Waals surface area contributed by atoms with Crippen LogP contribution in [0.3, 0.4) is 0 Å². The van der Waals surface area contributed by atoms with Crippen LogP contribution in [0.15, 0.2) is 0 Å². The van der Waals surface area contributed by atoms with E-state index in [0.717, 1.165) is 56.6 Å². The summed E-state index contributed by atoms with van der Waals surface area (Å²) in [5.41, 5.74) is 1.06. The van der Waals surface area contributed by atoms with E-state index in [4.69, 9.17) is 14.5 Å². The minimum Gasteiger partial charge on any atom is -0.380 e. The van der Waals surface area contributed by atoms with Gasteiger partial charge in [0, 0.05) is 38.2 Å². The van der Waals surface area contributed by atoms with Crippen LogP contribution in [0.2, 0.25) is 0 Å². The molecule has 0 spiro atoms. The molecule has 0 radical (unpaired) electrons. The molecule has 0 aromatic carbocycles. The molecule has 1 N–H and O–H groups in total. The first kappa shape index (κ1) is 14.7. The molecule has 5 nitrogen and oxygen atoms in total. The van der Waals surface area contributed by atoms with Crippen LogP contribution in [-0.2, 0) is 22.6 Å². The second-order valence-corrected chi connectivity index (χ2v) is 5.59. The summed E-state index contributed by atoms with van der Waals surface area (Å²) in [5.74, 6) is 0. The molecule has 0 aliphatic carbocycles. The lowest BCUT2D eigenvalue weighted by Gasteiger charge is -2.17. The van der Waals surface area contributed by atoms with Gasteiger partial charge in [0.05, 0.1) is 18.9 Å². The van der Waals surface area contributed by atoms with Gasteiger partial charge in [0.25, 0.3) is 0 Å². The minimum absolute atomic E-state index is 0.585. The number of aromatic nitrogens is 1. The SMILES string of the molecule is CCNCc1sc(N2CCCOCC2)nc1COC. The molecule has 1 aliphatic rings. The average Bonchev–Trinajstić information content (AvgIpc) is 2.65. The third kappa shape index (κ3) is 4.14. The Morgan fingerprint density at radius 3 is 3.11 bits per heavy atom. The first-order valence-electron chi connectivity index (χ1n) is 6.86. The standard InChI is InChI=1S/C13H23N3O2S/c1-3-14-9-12-11(10-17-2)15-13(19-12)16-5-4-7-18-8-6-16/h14H,3-10H2,1-2H3. The van der Waals surface area contributed by atoms with Crippen LogP contribution in [0, 0.1) is 0 Å². The lowest BCUT2D eigenvalue weighted by molar-refractivity contribution is 0.152. The maximum Gasteiger partial charge on any atom is 0.185 e. The van der Waals surface area contributed by atoms with Crippen LogP contribution in [0.1, 0.15) is 23.9 Å². The Labute approximate surface area is 118 Å². The van der Waals surface area contributed by atoms with Crippen molar-refractivity contribution in [3.05, 3.63) is 10.6 Å². The number of hydrogen-bond acceptors (Lipinski definition) is 6. The molecule has 1 aliphatic heterocycles. The lowest BCUT2D eigenvalue weighted by Crippen LogP contribution is -2.25. The smallest absolute Gasteiger partial charge is 0.185 e. The van der Waals surface area contributed by atoms with Gasteiger partial charge in [0.1, 0.15) is 0 Å². The topological polar surface area (TPSA) is 46.6 Å². The molecule has 1 saturated heterocycles. The Morgan fingerprint density at radius 2 is 2.32 bits per heavy atom. The summed E-state index contributed by atoms with van der Waals surface area (Å²) in [6.45, 7) is 8.15. The van der Waals surface area contributed by atoms with Gasteiger partial charge in [0.2, 0.25) is 0 Å². The Morgan fingerprint density at radius 1 is 1.42 bits per heavy atom. The third-order valence-electron chi connectivity index (χ3n) is 3.08. The van der Waals surface area contributed by atoms with Crippen molar-refractivity contribution in [1.82, 2.24) is 10.3 Å². The molecule has 2 heterocycles. The quantitative estimate of drug-likeness (QED) is 0.861. The highest BCUT2D eigenvalue weighted by atomic mass is 32.1. The van der Waals surface area contributed by atoms with Gasteiger partial charge in [-0.05, 0) is 13.0 Å². The highest BCUT2D eigenvalue weighted by Crippen LogP contribution is 2.27. The predicted molar refractivity (Wildman–Crippen MR) is 77.9 cm³/mol. The number of thiazole rings is 1. The van der Waals surface area contributed by atoms with Gasteiger partial charge < -0.3 is 19.7 Å².